The molecule has 0 aliphatic carbocycles. The van der Waals surface area contributed by atoms with E-state index < -0.39 is 11.2 Å². The van der Waals surface area contributed by atoms with Crippen LogP contribution in [0.15, 0.2) is 36.4 Å². The van der Waals surface area contributed by atoms with E-state index in [2.05, 4.69) is 0 Å². The number of benzene rings is 1. The van der Waals surface area contributed by atoms with Crippen molar-refractivity contribution in [1.82, 2.24) is 4.90 Å². The molecular weight excluding hydrogens is 330 g/mol. The summed E-state index contributed by atoms with van der Waals surface area (Å²) in [5, 5.41) is 11.1. The van der Waals surface area contributed by atoms with Gasteiger partial charge in [0.05, 0.1) is 30.9 Å². The fraction of sp³-hybridized carbons (Fsp3) is 0.571. The highest BCUT2D eigenvalue weighted by molar-refractivity contribution is 5.69. The maximum atomic E-state index is 12.6. The monoisotopic (exact) mass is 359 g/mol. The molecule has 3 rings (SSSR count). The van der Waals surface area contributed by atoms with Crippen LogP contribution in [0.1, 0.15) is 45.6 Å². The molecule has 2 unspecified atom stereocenters. The van der Waals surface area contributed by atoms with E-state index in [-0.39, 0.29) is 18.2 Å². The third-order valence-electron chi connectivity index (χ3n) is 4.85. The van der Waals surface area contributed by atoms with E-state index in [1.165, 1.54) is 0 Å². The topological polar surface area (TPSA) is 59.0 Å². The third kappa shape index (κ3) is 4.65. The van der Waals surface area contributed by atoms with E-state index in [1.54, 1.807) is 4.90 Å². The number of aliphatic hydroxyl groups is 1. The van der Waals surface area contributed by atoms with Gasteiger partial charge in [-0.3, -0.25) is 4.90 Å². The Labute approximate surface area is 155 Å². The molecule has 0 radical (unpaired) electrons. The second-order valence-electron chi connectivity index (χ2n) is 8.38. The van der Waals surface area contributed by atoms with Crippen LogP contribution in [0.3, 0.4) is 0 Å². The van der Waals surface area contributed by atoms with E-state index in [9.17, 15) is 9.90 Å². The van der Waals surface area contributed by atoms with Gasteiger partial charge in [0.15, 0.2) is 0 Å². The van der Waals surface area contributed by atoms with Crippen molar-refractivity contribution in [2.75, 3.05) is 13.2 Å². The maximum Gasteiger partial charge on any atom is 0.410 e. The Morgan fingerprint density at radius 3 is 2.46 bits per heavy atom. The standard InChI is InChI=1S/C21H29NO4/c1-20(2,3)26-19(23)22-17-12-21(24,13-18(22)15-25-14-17)11-7-10-16-8-5-4-6-9-16/h4-10,17-18,24H,11-15H2,1-3H3/b10-7+. The predicted molar refractivity (Wildman–Crippen MR) is 101 cm³/mol. The number of morpholine rings is 1. The molecule has 1 aromatic rings. The van der Waals surface area contributed by atoms with Gasteiger partial charge in [-0.25, -0.2) is 4.79 Å². The highest BCUT2D eigenvalue weighted by Gasteiger charge is 2.48. The van der Waals surface area contributed by atoms with Crippen LogP contribution in [0.5, 0.6) is 0 Å². The smallest absolute Gasteiger partial charge is 0.410 e. The first-order valence-corrected chi connectivity index (χ1v) is 9.29. The molecule has 26 heavy (non-hydrogen) atoms. The number of hydrogen-bond acceptors (Lipinski definition) is 4. The third-order valence-corrected chi connectivity index (χ3v) is 4.85. The van der Waals surface area contributed by atoms with Crippen molar-refractivity contribution < 1.29 is 19.4 Å². The number of carbonyl (C=O) groups excluding carboxylic acids is 1. The van der Waals surface area contributed by atoms with Crippen LogP contribution in [-0.4, -0.2) is 52.6 Å². The Hall–Kier alpha value is -1.85. The van der Waals surface area contributed by atoms with Crippen molar-refractivity contribution in [3.8, 4) is 0 Å². The van der Waals surface area contributed by atoms with E-state index in [4.69, 9.17) is 9.47 Å². The van der Waals surface area contributed by atoms with Gasteiger partial charge in [0.2, 0.25) is 0 Å². The lowest BCUT2D eigenvalue weighted by Gasteiger charge is -2.51. The number of nitrogens with zero attached hydrogens (tertiary/aromatic N) is 1. The summed E-state index contributed by atoms with van der Waals surface area (Å²) >= 11 is 0. The average molecular weight is 359 g/mol. The van der Waals surface area contributed by atoms with Crippen LogP contribution < -0.4 is 0 Å². The molecule has 2 aliphatic rings. The van der Waals surface area contributed by atoms with Crippen molar-refractivity contribution in [2.24, 2.45) is 0 Å². The van der Waals surface area contributed by atoms with Gasteiger partial charge in [0, 0.05) is 0 Å². The van der Waals surface area contributed by atoms with E-state index >= 15 is 0 Å². The van der Waals surface area contributed by atoms with Gasteiger partial charge < -0.3 is 14.6 Å². The maximum absolute atomic E-state index is 12.6. The normalized spacial score (nSPS) is 29.0. The minimum atomic E-state index is -0.817. The lowest BCUT2D eigenvalue weighted by molar-refractivity contribution is -0.136. The Bertz CT molecular complexity index is 636. The molecule has 2 fully saturated rings. The summed E-state index contributed by atoms with van der Waals surface area (Å²) in [6.07, 6.45) is 5.32. The number of ether oxygens (including phenoxy) is 2. The molecule has 142 valence electrons. The Balaban J connectivity index is 1.66. The van der Waals surface area contributed by atoms with Crippen LogP contribution in [-0.2, 0) is 9.47 Å². The van der Waals surface area contributed by atoms with Crippen molar-refractivity contribution in [3.05, 3.63) is 42.0 Å². The number of rotatable bonds is 3. The van der Waals surface area contributed by atoms with Crippen LogP contribution >= 0.6 is 0 Å². The van der Waals surface area contributed by atoms with Crippen LogP contribution in [0.2, 0.25) is 0 Å². The SMILES string of the molecule is CC(C)(C)OC(=O)N1C2COCC1CC(O)(C/C=C/c1ccccc1)C2. The Morgan fingerprint density at radius 2 is 1.88 bits per heavy atom. The second-order valence-corrected chi connectivity index (χ2v) is 8.38. The van der Waals surface area contributed by atoms with Gasteiger partial charge in [-0.2, -0.15) is 0 Å². The number of carbonyl (C=O) groups is 1. The van der Waals surface area contributed by atoms with Crippen molar-refractivity contribution in [1.29, 1.82) is 0 Å². The first kappa shape index (κ1) is 18.9. The quantitative estimate of drug-likeness (QED) is 0.895. The fourth-order valence-corrected chi connectivity index (χ4v) is 3.83. The lowest BCUT2D eigenvalue weighted by Crippen LogP contribution is -2.63. The molecule has 0 spiro atoms. The van der Waals surface area contributed by atoms with E-state index in [1.807, 2.05) is 63.3 Å². The first-order chi connectivity index (χ1) is 12.3. The highest BCUT2D eigenvalue weighted by atomic mass is 16.6. The number of fused-ring (bicyclic) bond motifs is 2. The highest BCUT2D eigenvalue weighted by Crippen LogP contribution is 2.37. The van der Waals surface area contributed by atoms with Crippen LogP contribution in [0.4, 0.5) is 4.79 Å². The number of hydrogen-bond donors (Lipinski definition) is 1. The Kier molecular flexibility index (Phi) is 5.39. The summed E-state index contributed by atoms with van der Waals surface area (Å²) in [5.74, 6) is 0. The molecule has 0 aromatic heterocycles. The van der Waals surface area contributed by atoms with Crippen LogP contribution in [0, 0.1) is 0 Å². The molecule has 2 atom stereocenters. The summed E-state index contributed by atoms with van der Waals surface area (Å²) in [6.45, 7) is 6.49. The minimum Gasteiger partial charge on any atom is -0.444 e. The average Bonchev–Trinajstić information content (AvgIpc) is 2.53. The summed E-state index contributed by atoms with van der Waals surface area (Å²) < 4.78 is 11.2. The predicted octanol–water partition coefficient (Wildman–Crippen LogP) is 3.62. The molecular formula is C21H29NO4. The van der Waals surface area contributed by atoms with E-state index in [0.29, 0.717) is 32.5 Å². The van der Waals surface area contributed by atoms with Gasteiger partial charge >= 0.3 is 6.09 Å². The van der Waals surface area contributed by atoms with Gasteiger partial charge in [-0.15, -0.1) is 0 Å². The molecule has 5 heteroatoms. The van der Waals surface area contributed by atoms with Gasteiger partial charge in [-0.1, -0.05) is 42.5 Å². The zero-order chi connectivity index (χ0) is 18.8. The number of amides is 1. The Morgan fingerprint density at radius 1 is 1.27 bits per heavy atom. The largest absolute Gasteiger partial charge is 0.444 e. The molecule has 1 aromatic carbocycles. The van der Waals surface area contributed by atoms with Crippen LogP contribution in [0.25, 0.3) is 6.08 Å². The summed E-state index contributed by atoms with van der Waals surface area (Å²) in [4.78, 5) is 14.4. The van der Waals surface area contributed by atoms with E-state index in [0.717, 1.165) is 5.56 Å². The summed E-state index contributed by atoms with van der Waals surface area (Å²) in [7, 11) is 0. The van der Waals surface area contributed by atoms with Crippen molar-refractivity contribution >= 4 is 12.2 Å². The molecule has 5 nitrogen and oxygen atoms in total. The molecule has 0 saturated carbocycles. The lowest BCUT2D eigenvalue weighted by atomic mass is 9.79. The first-order valence-electron chi connectivity index (χ1n) is 9.29. The summed E-state index contributed by atoms with van der Waals surface area (Å²) in [5.41, 5.74) is -0.229. The molecule has 2 saturated heterocycles. The van der Waals surface area contributed by atoms with Crippen molar-refractivity contribution in [2.45, 2.75) is 63.3 Å². The minimum absolute atomic E-state index is 0.146. The van der Waals surface area contributed by atoms with Gasteiger partial charge in [0.25, 0.3) is 0 Å². The summed E-state index contributed by atoms with van der Waals surface area (Å²) in [6, 6.07) is 9.76. The van der Waals surface area contributed by atoms with Crippen molar-refractivity contribution in [3.63, 3.8) is 0 Å². The van der Waals surface area contributed by atoms with Gasteiger partial charge in [0.1, 0.15) is 5.60 Å². The zero-order valence-electron chi connectivity index (χ0n) is 15.9. The number of piperidine rings is 1. The molecule has 1 N–H and O–H groups in total. The molecule has 2 heterocycles. The molecule has 2 bridgehead atoms. The fourth-order valence-electron chi connectivity index (χ4n) is 3.83. The van der Waals surface area contributed by atoms with Gasteiger partial charge in [-0.05, 0) is 45.6 Å². The molecule has 2 aliphatic heterocycles. The molecule has 1 amide bonds. The zero-order valence-corrected chi connectivity index (χ0v) is 15.9. The second kappa shape index (κ2) is 7.41.